The molecule has 0 aliphatic carbocycles. The molecule has 3 fully saturated rings. The Balaban J connectivity index is 1.28. The van der Waals surface area contributed by atoms with E-state index in [4.69, 9.17) is 9.47 Å². The fraction of sp³-hybridized carbons (Fsp3) is 0.955. The van der Waals surface area contributed by atoms with Crippen molar-refractivity contribution in [1.82, 2.24) is 15.1 Å². The number of guanidine groups is 1. The van der Waals surface area contributed by atoms with Gasteiger partial charge in [-0.3, -0.25) is 4.99 Å². The number of hydrogen-bond donors (Lipinski definition) is 1. The van der Waals surface area contributed by atoms with E-state index in [1.165, 1.54) is 51.6 Å². The molecule has 2 atom stereocenters. The van der Waals surface area contributed by atoms with E-state index in [9.17, 15) is 0 Å². The molecule has 0 radical (unpaired) electrons. The van der Waals surface area contributed by atoms with Gasteiger partial charge in [-0.15, -0.1) is 0 Å². The van der Waals surface area contributed by atoms with Crippen molar-refractivity contribution in [2.45, 2.75) is 83.0 Å². The first-order chi connectivity index (χ1) is 13.8. The molecule has 0 spiro atoms. The molecule has 2 unspecified atom stereocenters. The molecule has 0 aromatic carbocycles. The van der Waals surface area contributed by atoms with Crippen LogP contribution < -0.4 is 5.32 Å². The second kappa shape index (κ2) is 12.0. The minimum absolute atomic E-state index is 0.323. The van der Waals surface area contributed by atoms with Gasteiger partial charge in [0.25, 0.3) is 0 Å². The molecule has 1 N–H and O–H groups in total. The van der Waals surface area contributed by atoms with Crippen LogP contribution in [0.4, 0.5) is 0 Å². The number of likely N-dealkylation sites (tertiary alicyclic amines) is 2. The zero-order valence-electron chi connectivity index (χ0n) is 18.2. The van der Waals surface area contributed by atoms with E-state index in [1.54, 1.807) is 0 Å². The van der Waals surface area contributed by atoms with Crippen LogP contribution in [0.5, 0.6) is 0 Å². The second-order valence-corrected chi connectivity index (χ2v) is 8.72. The summed E-state index contributed by atoms with van der Waals surface area (Å²) in [6.07, 6.45) is 11.8. The zero-order valence-corrected chi connectivity index (χ0v) is 18.2. The van der Waals surface area contributed by atoms with Crippen molar-refractivity contribution >= 4 is 5.96 Å². The number of nitrogens with zero attached hydrogens (tertiary/aromatic N) is 3. The fourth-order valence-corrected chi connectivity index (χ4v) is 4.72. The van der Waals surface area contributed by atoms with E-state index in [-0.39, 0.29) is 0 Å². The van der Waals surface area contributed by atoms with Crippen molar-refractivity contribution in [3.05, 3.63) is 0 Å². The van der Waals surface area contributed by atoms with Gasteiger partial charge in [0.05, 0.1) is 18.8 Å². The van der Waals surface area contributed by atoms with Gasteiger partial charge in [-0.05, 0) is 64.8 Å². The molecule has 28 heavy (non-hydrogen) atoms. The third-order valence-corrected chi connectivity index (χ3v) is 6.59. The molecule has 3 saturated heterocycles. The largest absolute Gasteiger partial charge is 0.376 e. The molecule has 6 heteroatoms. The Morgan fingerprint density at radius 3 is 2.61 bits per heavy atom. The third-order valence-electron chi connectivity index (χ3n) is 6.59. The lowest BCUT2D eigenvalue weighted by atomic mass is 10.0. The normalized spacial score (nSPS) is 28.5. The first-order valence-electron chi connectivity index (χ1n) is 11.7. The summed E-state index contributed by atoms with van der Waals surface area (Å²) in [5.41, 5.74) is 0. The molecular formula is C22H42N4O2. The average molecular weight is 395 g/mol. The number of ether oxygens (including phenoxy) is 2. The molecule has 0 bridgehead atoms. The molecule has 0 aromatic rings. The quantitative estimate of drug-likeness (QED) is 0.409. The molecule has 0 saturated carbocycles. The summed E-state index contributed by atoms with van der Waals surface area (Å²) in [4.78, 5) is 9.55. The van der Waals surface area contributed by atoms with Gasteiger partial charge < -0.3 is 24.6 Å². The minimum atomic E-state index is 0.323. The Kier molecular flexibility index (Phi) is 9.35. The average Bonchev–Trinajstić information content (AvgIpc) is 2.75. The van der Waals surface area contributed by atoms with Gasteiger partial charge in [-0.1, -0.05) is 6.42 Å². The summed E-state index contributed by atoms with van der Waals surface area (Å²) in [6, 6.07) is 0.756. The van der Waals surface area contributed by atoms with E-state index in [2.05, 4.69) is 27.0 Å². The minimum Gasteiger partial charge on any atom is -0.376 e. The van der Waals surface area contributed by atoms with Crippen molar-refractivity contribution in [2.24, 2.45) is 4.99 Å². The van der Waals surface area contributed by atoms with Crippen LogP contribution in [0.2, 0.25) is 0 Å². The third kappa shape index (κ3) is 6.89. The monoisotopic (exact) mass is 394 g/mol. The van der Waals surface area contributed by atoms with Crippen LogP contribution in [0.25, 0.3) is 0 Å². The summed E-state index contributed by atoms with van der Waals surface area (Å²) in [6.45, 7) is 9.58. The summed E-state index contributed by atoms with van der Waals surface area (Å²) in [7, 11) is 1.90. The van der Waals surface area contributed by atoms with Crippen LogP contribution in [0.3, 0.4) is 0 Å². The second-order valence-electron chi connectivity index (χ2n) is 8.72. The Morgan fingerprint density at radius 1 is 1.07 bits per heavy atom. The van der Waals surface area contributed by atoms with Gasteiger partial charge in [-0.2, -0.15) is 0 Å². The maximum absolute atomic E-state index is 6.14. The molecule has 0 amide bonds. The van der Waals surface area contributed by atoms with Gasteiger partial charge in [0, 0.05) is 45.9 Å². The number of aliphatic imine (C=N–C) groups is 1. The van der Waals surface area contributed by atoms with Crippen molar-refractivity contribution in [2.75, 3.05) is 53.0 Å². The molecule has 3 heterocycles. The highest BCUT2D eigenvalue weighted by molar-refractivity contribution is 5.79. The maximum atomic E-state index is 6.14. The first-order valence-corrected chi connectivity index (χ1v) is 11.7. The molecule has 6 nitrogen and oxygen atoms in total. The summed E-state index contributed by atoms with van der Waals surface area (Å²) < 4.78 is 11.9. The van der Waals surface area contributed by atoms with Gasteiger partial charge in [0.1, 0.15) is 0 Å². The van der Waals surface area contributed by atoms with Crippen LogP contribution in [-0.2, 0) is 9.47 Å². The van der Waals surface area contributed by atoms with Crippen LogP contribution in [0.15, 0.2) is 4.99 Å². The summed E-state index contributed by atoms with van der Waals surface area (Å²) in [5.74, 6) is 1.06. The first kappa shape index (κ1) is 21.8. The van der Waals surface area contributed by atoms with E-state index < -0.39 is 0 Å². The Hall–Kier alpha value is -0.850. The lowest BCUT2D eigenvalue weighted by Gasteiger charge is -2.35. The zero-order chi connectivity index (χ0) is 19.6. The molecule has 0 aromatic heterocycles. The van der Waals surface area contributed by atoms with E-state index in [1.807, 2.05) is 7.05 Å². The Morgan fingerprint density at radius 2 is 1.89 bits per heavy atom. The number of rotatable bonds is 7. The smallest absolute Gasteiger partial charge is 0.193 e. The molecular weight excluding hydrogens is 352 g/mol. The Bertz CT molecular complexity index is 459. The van der Waals surface area contributed by atoms with Gasteiger partial charge >= 0.3 is 0 Å². The van der Waals surface area contributed by atoms with E-state index in [0.29, 0.717) is 12.2 Å². The van der Waals surface area contributed by atoms with Crippen LogP contribution in [0, 0.1) is 0 Å². The van der Waals surface area contributed by atoms with Gasteiger partial charge in [0.15, 0.2) is 5.96 Å². The molecule has 3 aliphatic rings. The molecule has 3 aliphatic heterocycles. The van der Waals surface area contributed by atoms with Gasteiger partial charge in [-0.25, -0.2) is 0 Å². The highest BCUT2D eigenvalue weighted by atomic mass is 16.5. The van der Waals surface area contributed by atoms with Crippen LogP contribution in [-0.4, -0.2) is 87.0 Å². The van der Waals surface area contributed by atoms with Crippen LogP contribution in [0.1, 0.15) is 64.7 Å². The lowest BCUT2D eigenvalue weighted by Crippen LogP contribution is -2.48. The topological polar surface area (TPSA) is 49.3 Å². The number of hydrogen-bond acceptors (Lipinski definition) is 4. The molecule has 162 valence electrons. The van der Waals surface area contributed by atoms with E-state index >= 15 is 0 Å². The van der Waals surface area contributed by atoms with Crippen molar-refractivity contribution < 1.29 is 9.47 Å². The molecule has 3 rings (SSSR count). The van der Waals surface area contributed by atoms with E-state index in [0.717, 1.165) is 64.1 Å². The van der Waals surface area contributed by atoms with Crippen molar-refractivity contribution in [1.29, 1.82) is 0 Å². The summed E-state index contributed by atoms with van der Waals surface area (Å²) >= 11 is 0. The highest BCUT2D eigenvalue weighted by Crippen LogP contribution is 2.18. The SMILES string of the molecule is CN=C(NCCCN1CCCCC1C)N1CCC(OCC2CCCCO2)CC1. The summed E-state index contributed by atoms with van der Waals surface area (Å²) in [5, 5.41) is 3.58. The standard InChI is InChI=1S/C22H42N4O2/c1-19-8-3-5-13-25(19)14-7-12-24-22(23-2)26-15-10-20(11-16-26)28-18-21-9-4-6-17-27-21/h19-21H,3-18H2,1-2H3,(H,23,24). The maximum Gasteiger partial charge on any atom is 0.193 e. The van der Waals surface area contributed by atoms with Crippen molar-refractivity contribution in [3.63, 3.8) is 0 Å². The van der Waals surface area contributed by atoms with Gasteiger partial charge in [0.2, 0.25) is 0 Å². The fourth-order valence-electron chi connectivity index (χ4n) is 4.72. The highest BCUT2D eigenvalue weighted by Gasteiger charge is 2.24. The number of nitrogens with one attached hydrogen (secondary N) is 1. The van der Waals surface area contributed by atoms with Crippen molar-refractivity contribution in [3.8, 4) is 0 Å². The number of piperidine rings is 2. The predicted octanol–water partition coefficient (Wildman–Crippen LogP) is 2.88. The lowest BCUT2D eigenvalue weighted by molar-refractivity contribution is -0.0721. The van der Waals surface area contributed by atoms with Crippen LogP contribution >= 0.6 is 0 Å². The predicted molar refractivity (Wildman–Crippen MR) is 115 cm³/mol. The Labute approximate surface area is 172 Å².